The summed E-state index contributed by atoms with van der Waals surface area (Å²) in [6, 6.07) is 10.3. The van der Waals surface area contributed by atoms with Gasteiger partial charge in [-0.05, 0) is 42.5 Å². The molecule has 0 fully saturated rings. The van der Waals surface area contributed by atoms with Crippen LogP contribution >= 0.6 is 15.9 Å². The van der Waals surface area contributed by atoms with Crippen LogP contribution in [0.4, 0.5) is 4.39 Å². The molecule has 2 aromatic carbocycles. The molecule has 0 radical (unpaired) electrons. The molecule has 3 aromatic rings. The van der Waals surface area contributed by atoms with Crippen LogP contribution in [0, 0.1) is 5.82 Å². The molecule has 0 saturated heterocycles. The van der Waals surface area contributed by atoms with E-state index in [0.29, 0.717) is 20.9 Å². The maximum Gasteiger partial charge on any atom is 0.340 e. The van der Waals surface area contributed by atoms with Gasteiger partial charge < -0.3 is 10.2 Å². The molecule has 0 aliphatic rings. The molecule has 22 heavy (non-hydrogen) atoms. The van der Waals surface area contributed by atoms with Gasteiger partial charge in [0.1, 0.15) is 17.1 Å². The Kier molecular flexibility index (Phi) is 3.54. The lowest BCUT2D eigenvalue weighted by Gasteiger charge is -2.11. The average molecular weight is 362 g/mol. The Bertz CT molecular complexity index is 894. The van der Waals surface area contributed by atoms with Crippen molar-refractivity contribution in [2.75, 3.05) is 0 Å². The van der Waals surface area contributed by atoms with E-state index in [2.05, 4.69) is 20.9 Å². The third-order valence-electron chi connectivity index (χ3n) is 3.25. The number of aromatic carboxylic acids is 1. The van der Waals surface area contributed by atoms with Crippen molar-refractivity contribution in [3.05, 3.63) is 58.3 Å². The van der Waals surface area contributed by atoms with Gasteiger partial charge in [0.05, 0.1) is 5.52 Å². The molecule has 2 N–H and O–H groups in total. The number of rotatable bonds is 2. The minimum absolute atomic E-state index is 0.104. The van der Waals surface area contributed by atoms with E-state index in [1.54, 1.807) is 18.2 Å². The third kappa shape index (κ3) is 2.42. The summed E-state index contributed by atoms with van der Waals surface area (Å²) in [5.74, 6) is -2.12. The second-order valence-corrected chi connectivity index (χ2v) is 5.57. The van der Waals surface area contributed by atoms with Gasteiger partial charge in [-0.3, -0.25) is 0 Å². The van der Waals surface area contributed by atoms with E-state index in [1.165, 1.54) is 24.3 Å². The molecule has 3 rings (SSSR count). The predicted octanol–water partition coefficient (Wildman–Crippen LogP) is 4.21. The highest BCUT2D eigenvalue weighted by molar-refractivity contribution is 9.10. The molecule has 0 atom stereocenters. The van der Waals surface area contributed by atoms with Crippen molar-refractivity contribution in [1.29, 1.82) is 0 Å². The van der Waals surface area contributed by atoms with Gasteiger partial charge in [-0.25, -0.2) is 14.2 Å². The van der Waals surface area contributed by atoms with Crippen molar-refractivity contribution in [2.24, 2.45) is 0 Å². The van der Waals surface area contributed by atoms with Gasteiger partial charge in [-0.1, -0.05) is 15.9 Å². The molecule has 6 heteroatoms. The van der Waals surface area contributed by atoms with Crippen molar-refractivity contribution in [1.82, 2.24) is 4.98 Å². The van der Waals surface area contributed by atoms with Crippen LogP contribution in [0.3, 0.4) is 0 Å². The van der Waals surface area contributed by atoms with Crippen LogP contribution in [0.1, 0.15) is 10.4 Å². The Morgan fingerprint density at radius 1 is 1.14 bits per heavy atom. The molecule has 0 unspecified atom stereocenters. The summed E-state index contributed by atoms with van der Waals surface area (Å²) in [5, 5.41) is 20.0. The first-order valence-electron chi connectivity index (χ1n) is 6.29. The number of pyridine rings is 1. The number of carboxylic acid groups (broad SMARTS) is 1. The van der Waals surface area contributed by atoms with E-state index in [4.69, 9.17) is 0 Å². The highest BCUT2D eigenvalue weighted by atomic mass is 79.9. The molecule has 0 saturated carbocycles. The summed E-state index contributed by atoms with van der Waals surface area (Å²) >= 11 is 3.27. The highest BCUT2D eigenvalue weighted by Gasteiger charge is 2.21. The van der Waals surface area contributed by atoms with Crippen LogP contribution in [-0.4, -0.2) is 21.2 Å². The number of benzene rings is 2. The van der Waals surface area contributed by atoms with Crippen LogP contribution in [0.5, 0.6) is 5.75 Å². The fourth-order valence-electron chi connectivity index (χ4n) is 2.25. The molecular formula is C16H9BrFNO3. The monoisotopic (exact) mass is 361 g/mol. The second-order valence-electron chi connectivity index (χ2n) is 4.66. The van der Waals surface area contributed by atoms with Crippen molar-refractivity contribution in [3.63, 3.8) is 0 Å². The van der Waals surface area contributed by atoms with Gasteiger partial charge in [-0.2, -0.15) is 0 Å². The SMILES string of the molecule is O=C(O)c1c(O)c(-c2ccc(F)cc2)nc2ccc(Br)cc12. The molecule has 0 amide bonds. The van der Waals surface area contributed by atoms with E-state index in [0.717, 1.165) is 0 Å². The molecule has 1 aromatic heterocycles. The number of nitrogens with zero attached hydrogens (tertiary/aromatic N) is 1. The number of fused-ring (bicyclic) bond motifs is 1. The Labute approximate surface area is 133 Å². The van der Waals surface area contributed by atoms with E-state index in [-0.39, 0.29) is 11.3 Å². The van der Waals surface area contributed by atoms with E-state index < -0.39 is 17.5 Å². The van der Waals surface area contributed by atoms with Crippen molar-refractivity contribution in [3.8, 4) is 17.0 Å². The lowest BCUT2D eigenvalue weighted by atomic mass is 10.0. The summed E-state index contributed by atoms with van der Waals surface area (Å²) in [4.78, 5) is 15.8. The number of aromatic hydroxyl groups is 1. The van der Waals surface area contributed by atoms with Gasteiger partial charge in [0.25, 0.3) is 0 Å². The predicted molar refractivity (Wildman–Crippen MR) is 83.5 cm³/mol. The summed E-state index contributed by atoms with van der Waals surface area (Å²) in [5.41, 5.74) is 0.738. The third-order valence-corrected chi connectivity index (χ3v) is 3.75. The van der Waals surface area contributed by atoms with E-state index >= 15 is 0 Å². The molecule has 1 heterocycles. The van der Waals surface area contributed by atoms with Crippen LogP contribution in [0.15, 0.2) is 46.9 Å². The second kappa shape index (κ2) is 5.38. The minimum Gasteiger partial charge on any atom is -0.505 e. The number of carbonyl (C=O) groups is 1. The Morgan fingerprint density at radius 2 is 1.82 bits per heavy atom. The van der Waals surface area contributed by atoms with Crippen LogP contribution in [0.2, 0.25) is 0 Å². The lowest BCUT2D eigenvalue weighted by molar-refractivity contribution is 0.0696. The quantitative estimate of drug-likeness (QED) is 0.717. The normalized spacial score (nSPS) is 10.8. The van der Waals surface area contributed by atoms with E-state index in [9.17, 15) is 19.4 Å². The van der Waals surface area contributed by atoms with Crippen LogP contribution in [0.25, 0.3) is 22.2 Å². The first-order valence-corrected chi connectivity index (χ1v) is 7.08. The molecule has 0 bridgehead atoms. The molecule has 4 nitrogen and oxygen atoms in total. The Balaban J connectivity index is 2.37. The molecule has 110 valence electrons. The number of halogens is 2. The van der Waals surface area contributed by atoms with Crippen molar-refractivity contribution < 1.29 is 19.4 Å². The van der Waals surface area contributed by atoms with Gasteiger partial charge in [0, 0.05) is 15.4 Å². The zero-order valence-electron chi connectivity index (χ0n) is 11.0. The molecule has 0 aliphatic carbocycles. The zero-order chi connectivity index (χ0) is 15.9. The minimum atomic E-state index is -1.26. The van der Waals surface area contributed by atoms with Crippen LogP contribution in [-0.2, 0) is 0 Å². The number of hydrogen-bond donors (Lipinski definition) is 2. The summed E-state index contributed by atoms with van der Waals surface area (Å²) in [6.07, 6.45) is 0. The summed E-state index contributed by atoms with van der Waals surface area (Å²) < 4.78 is 13.7. The number of carboxylic acids is 1. The molecule has 0 spiro atoms. The highest BCUT2D eigenvalue weighted by Crippen LogP contribution is 2.36. The largest absolute Gasteiger partial charge is 0.505 e. The molecule has 0 aliphatic heterocycles. The summed E-state index contributed by atoms with van der Waals surface area (Å²) in [7, 11) is 0. The Morgan fingerprint density at radius 3 is 2.45 bits per heavy atom. The first kappa shape index (κ1) is 14.5. The topological polar surface area (TPSA) is 70.4 Å². The van der Waals surface area contributed by atoms with Crippen LogP contribution < -0.4 is 0 Å². The zero-order valence-corrected chi connectivity index (χ0v) is 12.6. The van der Waals surface area contributed by atoms with Crippen molar-refractivity contribution >= 4 is 32.8 Å². The standard InChI is InChI=1S/C16H9BrFNO3/c17-9-3-6-12-11(7-9)13(16(21)22)15(20)14(19-12)8-1-4-10(18)5-2-8/h1-7,20H,(H,21,22). The fourth-order valence-corrected chi connectivity index (χ4v) is 2.61. The van der Waals surface area contributed by atoms with Gasteiger partial charge in [0.2, 0.25) is 0 Å². The maximum atomic E-state index is 13.0. The van der Waals surface area contributed by atoms with Gasteiger partial charge in [0.15, 0.2) is 5.75 Å². The Hall–Kier alpha value is -2.47. The van der Waals surface area contributed by atoms with Crippen molar-refractivity contribution in [2.45, 2.75) is 0 Å². The van der Waals surface area contributed by atoms with E-state index in [1.807, 2.05) is 0 Å². The average Bonchev–Trinajstić information content (AvgIpc) is 2.47. The maximum absolute atomic E-state index is 13.0. The smallest absolute Gasteiger partial charge is 0.340 e. The first-order chi connectivity index (χ1) is 10.5. The summed E-state index contributed by atoms with van der Waals surface area (Å²) in [6.45, 7) is 0. The fraction of sp³-hybridized carbons (Fsp3) is 0. The molecular weight excluding hydrogens is 353 g/mol. The lowest BCUT2D eigenvalue weighted by Crippen LogP contribution is -2.02. The number of hydrogen-bond acceptors (Lipinski definition) is 3. The van der Waals surface area contributed by atoms with Gasteiger partial charge in [-0.15, -0.1) is 0 Å². The number of aromatic nitrogens is 1. The van der Waals surface area contributed by atoms with Gasteiger partial charge >= 0.3 is 5.97 Å².